The molecule has 3 heteroatoms. The molecule has 16 heavy (non-hydrogen) atoms. The number of benzene rings is 1. The van der Waals surface area contributed by atoms with Crippen molar-refractivity contribution >= 4 is 0 Å². The fraction of sp³-hybridized carbons (Fsp3) is 0.154. The molecule has 1 aromatic carbocycles. The second-order valence-corrected chi connectivity index (χ2v) is 3.75. The van der Waals surface area contributed by atoms with Gasteiger partial charge in [0.05, 0.1) is 0 Å². The molecule has 0 spiro atoms. The zero-order valence-corrected chi connectivity index (χ0v) is 9.27. The van der Waals surface area contributed by atoms with Crippen LogP contribution in [-0.2, 0) is 0 Å². The number of aryl methyl sites for hydroxylation is 2. The van der Waals surface area contributed by atoms with Crippen molar-refractivity contribution in [3.8, 4) is 17.2 Å². The molecule has 0 saturated heterocycles. The number of nitrogens with zero attached hydrogens (tertiary/aromatic N) is 1. The predicted octanol–water partition coefficient (Wildman–Crippen LogP) is 3.20. The van der Waals surface area contributed by atoms with Crippen molar-refractivity contribution in [1.82, 2.24) is 4.98 Å². The van der Waals surface area contributed by atoms with Gasteiger partial charge < -0.3 is 9.84 Å². The third-order valence-corrected chi connectivity index (χ3v) is 2.23. The maximum absolute atomic E-state index is 9.45. The molecule has 2 aromatic rings. The maximum atomic E-state index is 9.45. The average Bonchev–Trinajstić information content (AvgIpc) is 2.20. The summed E-state index contributed by atoms with van der Waals surface area (Å²) in [5, 5.41) is 9.45. The maximum Gasteiger partial charge on any atom is 0.133 e. The molecular formula is C13H13NO2. The van der Waals surface area contributed by atoms with E-state index in [1.807, 2.05) is 19.9 Å². The number of hydrogen-bond donors (Lipinski definition) is 1. The molecule has 0 unspecified atom stereocenters. The van der Waals surface area contributed by atoms with Crippen LogP contribution < -0.4 is 4.74 Å². The molecule has 3 nitrogen and oxygen atoms in total. The lowest BCUT2D eigenvalue weighted by atomic mass is 10.2. The molecule has 0 aliphatic carbocycles. The molecule has 0 amide bonds. The predicted molar refractivity (Wildman–Crippen MR) is 61.9 cm³/mol. The number of phenols is 1. The van der Waals surface area contributed by atoms with Crippen molar-refractivity contribution in [2.75, 3.05) is 0 Å². The van der Waals surface area contributed by atoms with Crippen LogP contribution >= 0.6 is 0 Å². The average molecular weight is 215 g/mol. The van der Waals surface area contributed by atoms with Crippen LogP contribution in [0.3, 0.4) is 0 Å². The second kappa shape index (κ2) is 4.23. The molecule has 0 atom stereocenters. The van der Waals surface area contributed by atoms with Crippen molar-refractivity contribution in [3.63, 3.8) is 0 Å². The van der Waals surface area contributed by atoms with E-state index in [0.29, 0.717) is 5.75 Å². The van der Waals surface area contributed by atoms with Crippen LogP contribution in [0.4, 0.5) is 0 Å². The van der Waals surface area contributed by atoms with E-state index < -0.39 is 0 Å². The van der Waals surface area contributed by atoms with Gasteiger partial charge in [0.1, 0.15) is 17.2 Å². The van der Waals surface area contributed by atoms with Gasteiger partial charge in [-0.2, -0.15) is 0 Å². The minimum absolute atomic E-state index is 0.210. The molecule has 1 N–H and O–H groups in total. The van der Waals surface area contributed by atoms with E-state index in [0.717, 1.165) is 16.9 Å². The monoisotopic (exact) mass is 215 g/mol. The van der Waals surface area contributed by atoms with Gasteiger partial charge >= 0.3 is 0 Å². The normalized spacial score (nSPS) is 10.1. The van der Waals surface area contributed by atoms with Crippen molar-refractivity contribution in [2.45, 2.75) is 13.8 Å². The standard InChI is InChI=1S/C13H13NO2/c1-9-5-11(15)7-12(6-9)16-13-3-4-14-8-10(13)2/h3-8,15H,1-2H3. The summed E-state index contributed by atoms with van der Waals surface area (Å²) in [6.45, 7) is 3.84. The first-order valence-electron chi connectivity index (χ1n) is 5.04. The van der Waals surface area contributed by atoms with Gasteiger partial charge in [0.2, 0.25) is 0 Å². The molecule has 2 rings (SSSR count). The van der Waals surface area contributed by atoms with Gasteiger partial charge in [-0.1, -0.05) is 0 Å². The largest absolute Gasteiger partial charge is 0.508 e. The second-order valence-electron chi connectivity index (χ2n) is 3.75. The SMILES string of the molecule is Cc1cc(O)cc(Oc2ccncc2C)c1. The minimum Gasteiger partial charge on any atom is -0.508 e. The van der Waals surface area contributed by atoms with Crippen LogP contribution in [0.5, 0.6) is 17.2 Å². The van der Waals surface area contributed by atoms with Gasteiger partial charge in [-0.15, -0.1) is 0 Å². The van der Waals surface area contributed by atoms with E-state index in [9.17, 15) is 5.11 Å². The van der Waals surface area contributed by atoms with Gasteiger partial charge in [0.15, 0.2) is 0 Å². The van der Waals surface area contributed by atoms with Crippen LogP contribution in [0.1, 0.15) is 11.1 Å². The summed E-state index contributed by atoms with van der Waals surface area (Å²) in [6.07, 6.45) is 3.42. The highest BCUT2D eigenvalue weighted by atomic mass is 16.5. The number of ether oxygens (including phenoxy) is 1. The van der Waals surface area contributed by atoms with Gasteiger partial charge in [-0.25, -0.2) is 0 Å². The van der Waals surface area contributed by atoms with Crippen LogP contribution in [-0.4, -0.2) is 10.1 Å². The highest BCUT2D eigenvalue weighted by Gasteiger charge is 2.02. The molecular weight excluding hydrogens is 202 g/mol. The Morgan fingerprint density at radius 2 is 2.00 bits per heavy atom. The van der Waals surface area contributed by atoms with Crippen LogP contribution in [0.2, 0.25) is 0 Å². The van der Waals surface area contributed by atoms with Crippen molar-refractivity contribution in [3.05, 3.63) is 47.8 Å². The van der Waals surface area contributed by atoms with E-state index in [2.05, 4.69) is 4.98 Å². The Balaban J connectivity index is 2.30. The van der Waals surface area contributed by atoms with E-state index in [1.165, 1.54) is 0 Å². The summed E-state index contributed by atoms with van der Waals surface area (Å²) in [5.41, 5.74) is 1.92. The topological polar surface area (TPSA) is 42.4 Å². The fourth-order valence-electron chi connectivity index (χ4n) is 1.49. The first-order valence-corrected chi connectivity index (χ1v) is 5.04. The number of pyridine rings is 1. The zero-order chi connectivity index (χ0) is 11.5. The van der Waals surface area contributed by atoms with Crippen molar-refractivity contribution in [1.29, 1.82) is 0 Å². The smallest absolute Gasteiger partial charge is 0.133 e. The van der Waals surface area contributed by atoms with Gasteiger partial charge in [-0.3, -0.25) is 4.98 Å². The molecule has 1 heterocycles. The Morgan fingerprint density at radius 1 is 1.19 bits per heavy atom. The Kier molecular flexibility index (Phi) is 2.77. The fourth-order valence-corrected chi connectivity index (χ4v) is 1.49. The zero-order valence-electron chi connectivity index (χ0n) is 9.27. The number of aromatic nitrogens is 1. The van der Waals surface area contributed by atoms with Gasteiger partial charge in [0.25, 0.3) is 0 Å². The summed E-state index contributed by atoms with van der Waals surface area (Å²) < 4.78 is 5.67. The van der Waals surface area contributed by atoms with Crippen LogP contribution in [0.25, 0.3) is 0 Å². The first-order chi connectivity index (χ1) is 7.65. The third-order valence-electron chi connectivity index (χ3n) is 2.23. The summed E-state index contributed by atoms with van der Waals surface area (Å²) in [7, 11) is 0. The molecule has 0 bridgehead atoms. The Labute approximate surface area is 94.3 Å². The summed E-state index contributed by atoms with van der Waals surface area (Å²) >= 11 is 0. The Bertz CT molecular complexity index is 489. The number of hydrogen-bond acceptors (Lipinski definition) is 3. The quantitative estimate of drug-likeness (QED) is 0.836. The number of rotatable bonds is 2. The number of phenolic OH excluding ortho intramolecular Hbond substituents is 1. The van der Waals surface area contributed by atoms with E-state index in [4.69, 9.17) is 4.74 Å². The Morgan fingerprint density at radius 3 is 2.69 bits per heavy atom. The van der Waals surface area contributed by atoms with E-state index in [1.54, 1.807) is 30.6 Å². The summed E-state index contributed by atoms with van der Waals surface area (Å²) in [4.78, 5) is 3.99. The molecule has 0 aliphatic rings. The van der Waals surface area contributed by atoms with Crippen LogP contribution in [0, 0.1) is 13.8 Å². The van der Waals surface area contributed by atoms with Gasteiger partial charge in [-0.05, 0) is 37.6 Å². The lowest BCUT2D eigenvalue weighted by molar-refractivity contribution is 0.452. The highest BCUT2D eigenvalue weighted by molar-refractivity contribution is 5.41. The minimum atomic E-state index is 0.210. The van der Waals surface area contributed by atoms with E-state index >= 15 is 0 Å². The third kappa shape index (κ3) is 2.31. The van der Waals surface area contributed by atoms with Crippen molar-refractivity contribution < 1.29 is 9.84 Å². The molecule has 0 fully saturated rings. The molecule has 0 radical (unpaired) electrons. The molecule has 0 aliphatic heterocycles. The van der Waals surface area contributed by atoms with Gasteiger partial charge in [0, 0.05) is 24.0 Å². The number of aromatic hydroxyl groups is 1. The molecule has 0 saturated carbocycles. The van der Waals surface area contributed by atoms with Crippen LogP contribution in [0.15, 0.2) is 36.7 Å². The van der Waals surface area contributed by atoms with E-state index in [-0.39, 0.29) is 5.75 Å². The lowest BCUT2D eigenvalue weighted by Crippen LogP contribution is -1.88. The summed E-state index contributed by atoms with van der Waals surface area (Å²) in [5.74, 6) is 1.59. The molecule has 1 aromatic heterocycles. The van der Waals surface area contributed by atoms with Crippen molar-refractivity contribution in [2.24, 2.45) is 0 Å². The first kappa shape index (κ1) is 10.5. The Hall–Kier alpha value is -2.03. The highest BCUT2D eigenvalue weighted by Crippen LogP contribution is 2.27. The molecule has 82 valence electrons. The lowest BCUT2D eigenvalue weighted by Gasteiger charge is -2.08. The summed E-state index contributed by atoms with van der Waals surface area (Å²) in [6, 6.07) is 6.95.